The van der Waals surface area contributed by atoms with Gasteiger partial charge in [0.15, 0.2) is 5.65 Å². The maximum Gasteiger partial charge on any atom is 0.255 e. The molecule has 1 saturated carbocycles. The number of aromatic nitrogens is 5. The van der Waals surface area contributed by atoms with E-state index in [0.29, 0.717) is 33.1 Å². The number of nitrogens with one attached hydrogen (secondary N) is 2. The molecule has 154 valence electrons. The lowest BCUT2D eigenvalue weighted by atomic mass is 9.92. The smallest absolute Gasteiger partial charge is 0.255 e. The van der Waals surface area contributed by atoms with Gasteiger partial charge < -0.3 is 16.0 Å². The van der Waals surface area contributed by atoms with Crippen LogP contribution in [0.1, 0.15) is 36.0 Å². The quantitative estimate of drug-likeness (QED) is 0.468. The summed E-state index contributed by atoms with van der Waals surface area (Å²) in [6.45, 7) is 0. The van der Waals surface area contributed by atoms with Crippen molar-refractivity contribution in [1.82, 2.24) is 30.0 Å². The molecule has 1 aliphatic carbocycles. The fraction of sp³-hybridized carbons (Fsp3) is 0.333. The fourth-order valence-electron chi connectivity index (χ4n) is 4.12. The first kappa shape index (κ1) is 19.0. The summed E-state index contributed by atoms with van der Waals surface area (Å²) in [6, 6.07) is 5.99. The van der Waals surface area contributed by atoms with Gasteiger partial charge >= 0.3 is 0 Å². The van der Waals surface area contributed by atoms with Gasteiger partial charge in [0, 0.05) is 35.7 Å². The van der Waals surface area contributed by atoms with Crippen LogP contribution in [-0.2, 0) is 7.05 Å². The second kappa shape index (κ2) is 7.37. The Bertz CT molecular complexity index is 1250. The number of aryl methyl sites for hydroxylation is 1. The monoisotopic (exact) mass is 423 g/mol. The van der Waals surface area contributed by atoms with Crippen LogP contribution in [0.2, 0.25) is 5.02 Å². The summed E-state index contributed by atoms with van der Waals surface area (Å²) < 4.78 is 1.76. The number of benzene rings is 1. The van der Waals surface area contributed by atoms with Crippen molar-refractivity contribution in [1.29, 1.82) is 0 Å². The van der Waals surface area contributed by atoms with Gasteiger partial charge in [-0.05, 0) is 43.9 Å². The minimum Gasteiger partial charge on any atom is -0.349 e. The third-order valence-corrected chi connectivity index (χ3v) is 6.02. The molecule has 0 spiro atoms. The molecule has 0 radical (unpaired) electrons. The molecule has 3 heterocycles. The molecule has 0 atom stereocenters. The number of nitrogens with zero attached hydrogens (tertiary/aromatic N) is 4. The summed E-state index contributed by atoms with van der Waals surface area (Å²) in [6.07, 6.45) is 6.98. The molecule has 1 aromatic carbocycles. The predicted molar refractivity (Wildman–Crippen MR) is 116 cm³/mol. The van der Waals surface area contributed by atoms with Crippen molar-refractivity contribution >= 4 is 39.6 Å². The van der Waals surface area contributed by atoms with E-state index in [1.54, 1.807) is 17.1 Å². The highest BCUT2D eigenvalue weighted by atomic mass is 35.5. The second-order valence-corrected chi connectivity index (χ2v) is 8.31. The van der Waals surface area contributed by atoms with Gasteiger partial charge in [-0.2, -0.15) is 5.10 Å². The first-order chi connectivity index (χ1) is 14.5. The molecule has 1 amide bonds. The van der Waals surface area contributed by atoms with Crippen LogP contribution >= 0.6 is 11.6 Å². The number of carbonyl (C=O) groups excluding carboxylic acids is 1. The van der Waals surface area contributed by atoms with Crippen LogP contribution in [0.3, 0.4) is 0 Å². The molecule has 1 aliphatic rings. The Morgan fingerprint density at radius 1 is 1.30 bits per heavy atom. The largest absolute Gasteiger partial charge is 0.349 e. The molecule has 4 N–H and O–H groups in total. The van der Waals surface area contributed by atoms with Crippen LogP contribution in [0.4, 0.5) is 0 Å². The van der Waals surface area contributed by atoms with Crippen molar-refractivity contribution in [3.05, 3.63) is 41.2 Å². The highest BCUT2D eigenvalue weighted by Gasteiger charge is 2.23. The number of H-pyrrole nitrogens is 1. The molecular formula is C21H22ClN7O. The number of fused-ring (bicyclic) bond motifs is 2. The van der Waals surface area contributed by atoms with Crippen LogP contribution in [0.25, 0.3) is 33.5 Å². The van der Waals surface area contributed by atoms with Gasteiger partial charge in [0.1, 0.15) is 16.9 Å². The van der Waals surface area contributed by atoms with Crippen LogP contribution in [0.5, 0.6) is 0 Å². The zero-order valence-corrected chi connectivity index (χ0v) is 17.3. The Hall–Kier alpha value is -2.97. The van der Waals surface area contributed by atoms with Crippen molar-refractivity contribution in [3.63, 3.8) is 0 Å². The number of hydrogen-bond donors (Lipinski definition) is 3. The molecule has 0 bridgehead atoms. The topological polar surface area (TPSA) is 115 Å². The molecule has 4 aromatic rings. The van der Waals surface area contributed by atoms with Gasteiger partial charge in [-0.1, -0.05) is 11.6 Å². The van der Waals surface area contributed by atoms with Gasteiger partial charge in [-0.25, -0.2) is 9.97 Å². The summed E-state index contributed by atoms with van der Waals surface area (Å²) in [7, 11) is 1.86. The Labute approximate surface area is 177 Å². The lowest BCUT2D eigenvalue weighted by Crippen LogP contribution is -2.40. The molecule has 0 saturated heterocycles. The van der Waals surface area contributed by atoms with Crippen molar-refractivity contribution < 1.29 is 4.79 Å². The minimum atomic E-state index is -0.147. The maximum atomic E-state index is 12.9. The molecule has 8 nitrogen and oxygen atoms in total. The molecule has 1 fully saturated rings. The SMILES string of the molecule is Cn1nc(-c2cnc3[nH]cc(C(=O)NC4CCC(N)CC4)c3n2)c2ccc(Cl)cc21. The van der Waals surface area contributed by atoms with Gasteiger partial charge in [0.05, 0.1) is 17.3 Å². The molecule has 3 aromatic heterocycles. The van der Waals surface area contributed by atoms with Crippen molar-refractivity contribution in [2.24, 2.45) is 12.8 Å². The first-order valence-electron chi connectivity index (χ1n) is 10.0. The van der Waals surface area contributed by atoms with Gasteiger partial charge in [0.2, 0.25) is 0 Å². The zero-order chi connectivity index (χ0) is 20.8. The normalized spacial score (nSPS) is 19.4. The van der Waals surface area contributed by atoms with Gasteiger partial charge in [-0.15, -0.1) is 0 Å². The van der Waals surface area contributed by atoms with E-state index in [1.807, 2.05) is 25.2 Å². The van der Waals surface area contributed by atoms with Crippen LogP contribution in [0, 0.1) is 0 Å². The van der Waals surface area contributed by atoms with E-state index in [1.165, 1.54) is 0 Å². The number of aromatic amines is 1. The second-order valence-electron chi connectivity index (χ2n) is 7.87. The van der Waals surface area contributed by atoms with Crippen LogP contribution in [0.15, 0.2) is 30.6 Å². The Morgan fingerprint density at radius 2 is 2.10 bits per heavy atom. The molecule has 0 unspecified atom stereocenters. The average molecular weight is 424 g/mol. The molecule has 5 rings (SSSR count). The van der Waals surface area contributed by atoms with E-state index >= 15 is 0 Å². The van der Waals surface area contributed by atoms with Crippen LogP contribution in [-0.4, -0.2) is 42.7 Å². The van der Waals surface area contributed by atoms with Gasteiger partial charge in [0.25, 0.3) is 5.91 Å². The van der Waals surface area contributed by atoms with Crippen molar-refractivity contribution in [2.75, 3.05) is 0 Å². The zero-order valence-electron chi connectivity index (χ0n) is 16.5. The van der Waals surface area contributed by atoms with Gasteiger partial charge in [-0.3, -0.25) is 9.48 Å². The maximum absolute atomic E-state index is 12.9. The van der Waals surface area contributed by atoms with Crippen molar-refractivity contribution in [2.45, 2.75) is 37.8 Å². The highest BCUT2D eigenvalue weighted by Crippen LogP contribution is 2.29. The number of amides is 1. The highest BCUT2D eigenvalue weighted by molar-refractivity contribution is 6.31. The minimum absolute atomic E-state index is 0.142. The number of halogens is 1. The standard InChI is InChI=1S/C21H22ClN7O/c1-29-17-8-11(22)2-7-14(17)18(28-29)16-10-25-20-19(27-16)15(9-24-20)21(30)26-13-5-3-12(23)4-6-13/h2,7-10,12-13H,3-6,23H2,1H3,(H,24,25)(H,26,30). The number of carbonyl (C=O) groups is 1. The summed E-state index contributed by atoms with van der Waals surface area (Å²) in [5.41, 5.74) is 9.76. The Morgan fingerprint density at radius 3 is 2.90 bits per heavy atom. The molecular weight excluding hydrogens is 402 g/mol. The third kappa shape index (κ3) is 3.32. The lowest BCUT2D eigenvalue weighted by Gasteiger charge is -2.26. The summed E-state index contributed by atoms with van der Waals surface area (Å²) in [5, 5.41) is 9.29. The third-order valence-electron chi connectivity index (χ3n) is 5.79. The molecule has 0 aliphatic heterocycles. The molecule has 9 heteroatoms. The first-order valence-corrected chi connectivity index (χ1v) is 10.4. The Balaban J connectivity index is 1.50. The summed E-state index contributed by atoms with van der Waals surface area (Å²) in [5.74, 6) is -0.147. The van der Waals surface area contributed by atoms with E-state index < -0.39 is 0 Å². The predicted octanol–water partition coefficient (Wildman–Crippen LogP) is 3.16. The Kier molecular flexibility index (Phi) is 4.67. The number of rotatable bonds is 3. The molecule has 30 heavy (non-hydrogen) atoms. The van der Waals surface area contributed by atoms with Crippen molar-refractivity contribution in [3.8, 4) is 11.4 Å². The summed E-state index contributed by atoms with van der Waals surface area (Å²) >= 11 is 6.13. The fourth-order valence-corrected chi connectivity index (χ4v) is 4.29. The lowest BCUT2D eigenvalue weighted by molar-refractivity contribution is 0.0927. The van der Waals surface area contributed by atoms with E-state index in [2.05, 4.69) is 20.4 Å². The van der Waals surface area contributed by atoms with E-state index in [4.69, 9.17) is 22.3 Å². The number of hydrogen-bond acceptors (Lipinski definition) is 5. The average Bonchev–Trinajstić information content (AvgIpc) is 3.30. The van der Waals surface area contributed by atoms with E-state index in [0.717, 1.165) is 36.6 Å². The van der Waals surface area contributed by atoms with Crippen LogP contribution < -0.4 is 11.1 Å². The summed E-state index contributed by atoms with van der Waals surface area (Å²) in [4.78, 5) is 25.1. The number of nitrogens with two attached hydrogens (primary N) is 1. The van der Waals surface area contributed by atoms with E-state index in [-0.39, 0.29) is 18.0 Å². The van der Waals surface area contributed by atoms with E-state index in [9.17, 15) is 4.79 Å².